The molecular formula is C27H36NP. The van der Waals surface area contributed by atoms with E-state index in [9.17, 15) is 0 Å². The van der Waals surface area contributed by atoms with E-state index < -0.39 is 6.75 Å². The fourth-order valence-corrected chi connectivity index (χ4v) is 11.1. The van der Waals surface area contributed by atoms with Crippen molar-refractivity contribution in [1.82, 2.24) is 5.09 Å². The standard InChI is InChI=1S/C27H36NP/c1-3-5-6-16-24-29(28-23-4-2,25-17-10-7-11-18-25,26-19-12-8-13-20-26)27-21-14-9-15-22-27/h7-15,17-22,28H,3-6,16,23-24H2,1-2H3. The molecule has 0 unspecified atom stereocenters. The summed E-state index contributed by atoms with van der Waals surface area (Å²) in [5, 5.41) is 8.63. The van der Waals surface area contributed by atoms with Crippen LogP contribution in [0.2, 0.25) is 0 Å². The topological polar surface area (TPSA) is 12.0 Å². The molecule has 154 valence electrons. The van der Waals surface area contributed by atoms with Crippen LogP contribution in [0.5, 0.6) is 0 Å². The molecule has 0 radical (unpaired) electrons. The summed E-state index contributed by atoms with van der Waals surface area (Å²) in [5.41, 5.74) is 0. The molecule has 29 heavy (non-hydrogen) atoms. The molecule has 2 heteroatoms. The first-order chi connectivity index (χ1) is 14.3. The Labute approximate surface area is 177 Å². The second kappa shape index (κ2) is 10.2. The van der Waals surface area contributed by atoms with E-state index in [4.69, 9.17) is 0 Å². The van der Waals surface area contributed by atoms with Crippen molar-refractivity contribution in [3.05, 3.63) is 91.0 Å². The Balaban J connectivity index is 2.33. The van der Waals surface area contributed by atoms with Gasteiger partial charge in [0.1, 0.15) is 0 Å². The Kier molecular flexibility index (Phi) is 7.64. The minimum absolute atomic E-state index is 1.02. The molecule has 0 aliphatic rings. The van der Waals surface area contributed by atoms with Gasteiger partial charge in [-0.25, -0.2) is 0 Å². The molecule has 0 aliphatic heterocycles. The van der Waals surface area contributed by atoms with Gasteiger partial charge in [0.25, 0.3) is 0 Å². The zero-order chi connectivity index (χ0) is 20.4. The summed E-state index contributed by atoms with van der Waals surface area (Å²) >= 11 is 0. The van der Waals surface area contributed by atoms with E-state index in [2.05, 4.69) is 110 Å². The fourth-order valence-electron chi connectivity index (χ4n) is 4.67. The first-order valence-corrected chi connectivity index (χ1v) is 13.6. The zero-order valence-corrected chi connectivity index (χ0v) is 19.0. The summed E-state index contributed by atoms with van der Waals surface area (Å²) in [6.07, 6.45) is 7.39. The number of rotatable bonds is 11. The molecule has 0 saturated carbocycles. The van der Waals surface area contributed by atoms with Crippen molar-refractivity contribution in [3.63, 3.8) is 0 Å². The molecule has 3 aromatic carbocycles. The van der Waals surface area contributed by atoms with Crippen LogP contribution in [-0.4, -0.2) is 12.7 Å². The molecular weight excluding hydrogens is 369 g/mol. The third-order valence-electron chi connectivity index (χ3n) is 6.15. The zero-order valence-electron chi connectivity index (χ0n) is 18.1. The van der Waals surface area contributed by atoms with Gasteiger partial charge in [-0.15, -0.1) is 0 Å². The molecule has 3 rings (SSSR count). The first-order valence-electron chi connectivity index (χ1n) is 11.2. The van der Waals surface area contributed by atoms with Crippen LogP contribution in [0, 0.1) is 0 Å². The van der Waals surface area contributed by atoms with E-state index in [1.807, 2.05) is 0 Å². The SMILES string of the molecule is CCCCCCP(NCCC)(c1ccccc1)(c1ccccc1)c1ccccc1. The van der Waals surface area contributed by atoms with Crippen LogP contribution in [0.4, 0.5) is 0 Å². The molecule has 1 N–H and O–H groups in total. The summed E-state index contributed by atoms with van der Waals surface area (Å²) in [6.45, 7) is 2.77. The molecule has 0 aliphatic carbocycles. The molecule has 0 heterocycles. The Morgan fingerprint density at radius 3 is 1.38 bits per heavy atom. The molecule has 0 spiro atoms. The van der Waals surface area contributed by atoms with Gasteiger partial charge < -0.3 is 0 Å². The van der Waals surface area contributed by atoms with Gasteiger partial charge in [0.05, 0.1) is 0 Å². The number of unbranched alkanes of at least 4 members (excludes halogenated alkanes) is 3. The van der Waals surface area contributed by atoms with E-state index >= 15 is 0 Å². The molecule has 1 nitrogen and oxygen atoms in total. The summed E-state index contributed by atoms with van der Waals surface area (Å²) in [4.78, 5) is 0. The molecule has 3 aromatic rings. The third kappa shape index (κ3) is 4.18. The van der Waals surface area contributed by atoms with Gasteiger partial charge in [0, 0.05) is 0 Å². The first kappa shape index (κ1) is 21.8. The van der Waals surface area contributed by atoms with Crippen molar-refractivity contribution in [2.75, 3.05) is 12.7 Å². The molecule has 0 amide bonds. The predicted molar refractivity (Wildman–Crippen MR) is 132 cm³/mol. The second-order valence-corrected chi connectivity index (χ2v) is 12.9. The van der Waals surface area contributed by atoms with Crippen LogP contribution in [0.1, 0.15) is 46.0 Å². The quantitative estimate of drug-likeness (QED) is 0.304. The third-order valence-corrected chi connectivity index (χ3v) is 12.6. The monoisotopic (exact) mass is 405 g/mol. The van der Waals surface area contributed by atoms with Gasteiger partial charge in [-0.2, -0.15) is 0 Å². The number of hydrogen-bond acceptors (Lipinski definition) is 1. The second-order valence-electron chi connectivity index (χ2n) is 8.00. The van der Waals surface area contributed by atoms with Gasteiger partial charge in [0.15, 0.2) is 0 Å². The molecule has 0 aromatic heterocycles. The van der Waals surface area contributed by atoms with Crippen LogP contribution in [0.25, 0.3) is 0 Å². The van der Waals surface area contributed by atoms with Gasteiger partial charge in [-0.3, -0.25) is 0 Å². The van der Waals surface area contributed by atoms with Crippen LogP contribution in [0.3, 0.4) is 0 Å². The number of nitrogens with one attached hydrogen (secondary N) is 1. The van der Waals surface area contributed by atoms with Crippen molar-refractivity contribution < 1.29 is 0 Å². The van der Waals surface area contributed by atoms with E-state index in [0.717, 1.165) is 13.0 Å². The van der Waals surface area contributed by atoms with Crippen molar-refractivity contribution >= 4 is 22.7 Å². The van der Waals surface area contributed by atoms with Crippen molar-refractivity contribution in [2.24, 2.45) is 0 Å². The van der Waals surface area contributed by atoms with Crippen LogP contribution < -0.4 is 21.0 Å². The maximum atomic E-state index is 4.25. The van der Waals surface area contributed by atoms with Crippen LogP contribution in [-0.2, 0) is 0 Å². The number of benzene rings is 3. The van der Waals surface area contributed by atoms with Gasteiger partial charge in [-0.05, 0) is 0 Å². The van der Waals surface area contributed by atoms with E-state index in [-0.39, 0.29) is 0 Å². The Hall–Kier alpha value is -1.95. The summed E-state index contributed by atoms with van der Waals surface area (Å²) in [6, 6.07) is 33.9. The van der Waals surface area contributed by atoms with Crippen LogP contribution >= 0.6 is 6.75 Å². The molecule has 0 bridgehead atoms. The fraction of sp³-hybridized carbons (Fsp3) is 0.333. The minimum atomic E-state index is -2.81. The summed E-state index contributed by atoms with van der Waals surface area (Å²) in [7, 11) is 0. The van der Waals surface area contributed by atoms with Crippen molar-refractivity contribution in [2.45, 2.75) is 46.0 Å². The van der Waals surface area contributed by atoms with Crippen LogP contribution in [0.15, 0.2) is 91.0 Å². The summed E-state index contributed by atoms with van der Waals surface area (Å²) in [5.74, 6) is 0. The van der Waals surface area contributed by atoms with Gasteiger partial charge in [0.2, 0.25) is 0 Å². The Morgan fingerprint density at radius 1 is 0.552 bits per heavy atom. The normalized spacial score (nSPS) is 13.0. The Morgan fingerprint density at radius 2 is 1.00 bits per heavy atom. The molecule has 0 saturated heterocycles. The van der Waals surface area contributed by atoms with Crippen molar-refractivity contribution in [3.8, 4) is 0 Å². The van der Waals surface area contributed by atoms with E-state index in [1.165, 1.54) is 47.8 Å². The number of hydrogen-bond donors (Lipinski definition) is 1. The molecule has 0 atom stereocenters. The van der Waals surface area contributed by atoms with Crippen molar-refractivity contribution in [1.29, 1.82) is 0 Å². The van der Waals surface area contributed by atoms with Gasteiger partial charge >= 0.3 is 177 Å². The molecule has 0 fully saturated rings. The van der Waals surface area contributed by atoms with Gasteiger partial charge in [-0.1, -0.05) is 0 Å². The Bertz CT molecular complexity index is 746. The predicted octanol–water partition coefficient (Wildman–Crippen LogP) is 6.01. The summed E-state index contributed by atoms with van der Waals surface area (Å²) < 4.78 is 0. The van der Waals surface area contributed by atoms with E-state index in [0.29, 0.717) is 0 Å². The van der Waals surface area contributed by atoms with E-state index in [1.54, 1.807) is 0 Å². The average Bonchev–Trinajstić information content (AvgIpc) is 2.81. The maximum absolute atomic E-state index is 4.25. The average molecular weight is 406 g/mol.